The van der Waals surface area contributed by atoms with Crippen LogP contribution in [0.5, 0.6) is 5.75 Å². The van der Waals surface area contributed by atoms with Crippen LogP contribution in [0, 0.1) is 0 Å². The van der Waals surface area contributed by atoms with Crippen molar-refractivity contribution >= 4 is 11.9 Å². The lowest BCUT2D eigenvalue weighted by Crippen LogP contribution is -2.38. The fraction of sp³-hybridized carbons (Fsp3) is 0.364. The van der Waals surface area contributed by atoms with Crippen molar-refractivity contribution < 1.29 is 19.5 Å². The van der Waals surface area contributed by atoms with Gasteiger partial charge in [0.25, 0.3) is 5.91 Å². The highest BCUT2D eigenvalue weighted by Crippen LogP contribution is 2.24. The fourth-order valence-electron chi connectivity index (χ4n) is 3.45. The van der Waals surface area contributed by atoms with Crippen molar-refractivity contribution in [3.63, 3.8) is 0 Å². The Kier molecular flexibility index (Phi) is 7.08. The molecule has 3 rings (SSSR count). The molecule has 154 valence electrons. The van der Waals surface area contributed by atoms with Crippen LogP contribution in [0.1, 0.15) is 34.3 Å². The summed E-state index contributed by atoms with van der Waals surface area (Å²) >= 11 is 0. The summed E-state index contributed by atoms with van der Waals surface area (Å²) in [4.78, 5) is 25.4. The molecule has 3 N–H and O–H groups in total. The lowest BCUT2D eigenvalue weighted by atomic mass is 9.98. The van der Waals surface area contributed by atoms with Crippen LogP contribution < -0.4 is 10.5 Å². The van der Waals surface area contributed by atoms with E-state index in [1.54, 1.807) is 6.07 Å². The lowest BCUT2D eigenvalue weighted by molar-refractivity contribution is -0.0418. The Morgan fingerprint density at radius 3 is 2.72 bits per heavy atom. The van der Waals surface area contributed by atoms with Gasteiger partial charge in [-0.05, 0) is 48.6 Å². The smallest absolute Gasteiger partial charge is 0.338 e. The Morgan fingerprint density at radius 1 is 1.17 bits per heavy atom. The maximum atomic E-state index is 12.8. The third kappa shape index (κ3) is 5.71. The van der Waals surface area contributed by atoms with Gasteiger partial charge in [-0.15, -0.1) is 0 Å². The van der Waals surface area contributed by atoms with Crippen molar-refractivity contribution in [2.24, 2.45) is 5.73 Å². The SMILES string of the molecule is NC(=O)N(O)CCCOc1ccc2c(c1)CCN(CCCc1ccccc1)C2=O. The van der Waals surface area contributed by atoms with Gasteiger partial charge in [0.05, 0.1) is 13.2 Å². The Bertz CT molecular complexity index is 841. The van der Waals surface area contributed by atoms with E-state index in [2.05, 4.69) is 12.1 Å². The zero-order chi connectivity index (χ0) is 20.6. The third-order valence-electron chi connectivity index (χ3n) is 5.02. The van der Waals surface area contributed by atoms with Crippen molar-refractivity contribution in [1.82, 2.24) is 9.96 Å². The predicted octanol–water partition coefficient (Wildman–Crippen LogP) is 2.86. The van der Waals surface area contributed by atoms with E-state index in [-0.39, 0.29) is 12.5 Å². The van der Waals surface area contributed by atoms with E-state index in [9.17, 15) is 14.8 Å². The molecule has 29 heavy (non-hydrogen) atoms. The molecular weight excluding hydrogens is 370 g/mol. The minimum atomic E-state index is -0.884. The van der Waals surface area contributed by atoms with E-state index in [4.69, 9.17) is 10.5 Å². The molecule has 7 nitrogen and oxygen atoms in total. The molecule has 0 spiro atoms. The number of aryl methyl sites for hydroxylation is 1. The molecule has 1 heterocycles. The molecule has 0 saturated heterocycles. The number of hydrogen-bond donors (Lipinski definition) is 2. The number of nitrogens with zero attached hydrogens (tertiary/aromatic N) is 2. The maximum Gasteiger partial charge on any atom is 0.338 e. The van der Waals surface area contributed by atoms with Gasteiger partial charge in [0, 0.05) is 25.1 Å². The number of carbonyl (C=O) groups excluding carboxylic acids is 2. The summed E-state index contributed by atoms with van der Waals surface area (Å²) in [6.45, 7) is 1.91. The molecule has 0 bridgehead atoms. The van der Waals surface area contributed by atoms with E-state index >= 15 is 0 Å². The number of hydrogen-bond acceptors (Lipinski definition) is 4. The summed E-state index contributed by atoms with van der Waals surface area (Å²) < 4.78 is 5.66. The molecule has 0 atom stereocenters. The number of carbonyl (C=O) groups is 2. The largest absolute Gasteiger partial charge is 0.494 e. The second-order valence-corrected chi connectivity index (χ2v) is 7.11. The topological polar surface area (TPSA) is 96.1 Å². The fourth-order valence-corrected chi connectivity index (χ4v) is 3.45. The van der Waals surface area contributed by atoms with Gasteiger partial charge < -0.3 is 15.4 Å². The Balaban J connectivity index is 1.48. The quantitative estimate of drug-likeness (QED) is 0.386. The van der Waals surface area contributed by atoms with Crippen LogP contribution >= 0.6 is 0 Å². The van der Waals surface area contributed by atoms with Crippen LogP contribution in [0.15, 0.2) is 48.5 Å². The Hall–Kier alpha value is -3.06. The van der Waals surface area contributed by atoms with Crippen LogP contribution in [0.25, 0.3) is 0 Å². The lowest BCUT2D eigenvalue weighted by Gasteiger charge is -2.29. The molecule has 1 aliphatic heterocycles. The first kappa shape index (κ1) is 20.7. The molecule has 0 unspecified atom stereocenters. The van der Waals surface area contributed by atoms with Gasteiger partial charge in [-0.3, -0.25) is 10.0 Å². The number of rotatable bonds is 9. The molecule has 0 fully saturated rings. The maximum absolute atomic E-state index is 12.8. The van der Waals surface area contributed by atoms with Crippen molar-refractivity contribution in [3.8, 4) is 5.75 Å². The zero-order valence-corrected chi connectivity index (χ0v) is 16.4. The number of primary amides is 1. The number of hydroxylamine groups is 2. The molecule has 3 amide bonds. The van der Waals surface area contributed by atoms with Crippen LogP contribution in [0.3, 0.4) is 0 Å². The zero-order valence-electron chi connectivity index (χ0n) is 16.4. The summed E-state index contributed by atoms with van der Waals surface area (Å²) in [6, 6.07) is 14.9. The summed E-state index contributed by atoms with van der Waals surface area (Å²) in [5.74, 6) is 0.751. The monoisotopic (exact) mass is 397 g/mol. The van der Waals surface area contributed by atoms with E-state index < -0.39 is 6.03 Å². The second kappa shape index (κ2) is 9.93. The summed E-state index contributed by atoms with van der Waals surface area (Å²) in [7, 11) is 0. The van der Waals surface area contributed by atoms with Crippen LogP contribution in [0.4, 0.5) is 4.79 Å². The van der Waals surface area contributed by atoms with E-state index in [0.717, 1.165) is 36.9 Å². The number of urea groups is 1. The molecule has 0 aromatic heterocycles. The average molecular weight is 397 g/mol. The molecule has 7 heteroatoms. The first-order valence-corrected chi connectivity index (χ1v) is 9.89. The van der Waals surface area contributed by atoms with Gasteiger partial charge in [0.1, 0.15) is 5.75 Å². The number of benzene rings is 2. The normalized spacial score (nSPS) is 13.1. The number of amides is 3. The summed E-state index contributed by atoms with van der Waals surface area (Å²) in [6.07, 6.45) is 3.16. The number of fused-ring (bicyclic) bond motifs is 1. The first-order valence-electron chi connectivity index (χ1n) is 9.89. The highest BCUT2D eigenvalue weighted by molar-refractivity contribution is 5.96. The van der Waals surface area contributed by atoms with Crippen LogP contribution in [-0.2, 0) is 12.8 Å². The van der Waals surface area contributed by atoms with Gasteiger partial charge in [-0.25, -0.2) is 9.86 Å². The summed E-state index contributed by atoms with van der Waals surface area (Å²) in [5, 5.41) is 9.68. The molecule has 0 radical (unpaired) electrons. The van der Waals surface area contributed by atoms with Crippen molar-refractivity contribution in [1.29, 1.82) is 0 Å². The van der Waals surface area contributed by atoms with Crippen molar-refractivity contribution in [3.05, 3.63) is 65.2 Å². The minimum absolute atomic E-state index is 0.0724. The van der Waals surface area contributed by atoms with Crippen LogP contribution in [0.2, 0.25) is 0 Å². The van der Waals surface area contributed by atoms with E-state index in [1.165, 1.54) is 5.56 Å². The van der Waals surface area contributed by atoms with Crippen molar-refractivity contribution in [2.75, 3.05) is 26.2 Å². The summed E-state index contributed by atoms with van der Waals surface area (Å²) in [5.41, 5.74) is 7.97. The first-order chi connectivity index (χ1) is 14.0. The van der Waals surface area contributed by atoms with Gasteiger partial charge in [-0.2, -0.15) is 0 Å². The van der Waals surface area contributed by atoms with E-state index in [0.29, 0.717) is 30.4 Å². The second-order valence-electron chi connectivity index (χ2n) is 7.11. The van der Waals surface area contributed by atoms with Gasteiger partial charge in [-0.1, -0.05) is 30.3 Å². The number of nitrogens with two attached hydrogens (primary N) is 1. The Morgan fingerprint density at radius 2 is 1.97 bits per heavy atom. The molecule has 0 aliphatic carbocycles. The van der Waals surface area contributed by atoms with Gasteiger partial charge >= 0.3 is 6.03 Å². The average Bonchev–Trinajstić information content (AvgIpc) is 2.73. The predicted molar refractivity (Wildman–Crippen MR) is 109 cm³/mol. The molecular formula is C22H27N3O4. The molecule has 0 saturated carbocycles. The molecule has 2 aromatic rings. The number of ether oxygens (including phenoxy) is 1. The third-order valence-corrected chi connectivity index (χ3v) is 5.02. The van der Waals surface area contributed by atoms with Gasteiger partial charge in [0.15, 0.2) is 0 Å². The van der Waals surface area contributed by atoms with Gasteiger partial charge in [0.2, 0.25) is 0 Å². The highest BCUT2D eigenvalue weighted by Gasteiger charge is 2.24. The Labute approximate surface area is 170 Å². The van der Waals surface area contributed by atoms with E-state index in [1.807, 2.05) is 35.2 Å². The molecule has 1 aliphatic rings. The van der Waals surface area contributed by atoms with Crippen molar-refractivity contribution in [2.45, 2.75) is 25.7 Å². The minimum Gasteiger partial charge on any atom is -0.494 e. The standard InChI is InChI=1S/C22H27N3O4/c23-22(27)25(28)13-5-15-29-19-9-10-20-18(16-19)11-14-24(21(20)26)12-4-8-17-6-2-1-3-7-17/h1-3,6-7,9-10,16,28H,4-5,8,11-15H2,(H2,23,27). The highest BCUT2D eigenvalue weighted by atomic mass is 16.5. The molecule has 2 aromatic carbocycles. The van der Waals surface area contributed by atoms with Crippen LogP contribution in [-0.4, -0.2) is 53.3 Å².